The second-order valence-electron chi connectivity index (χ2n) is 6.84. The maximum Gasteiger partial charge on any atom is 0.159 e. The van der Waals surface area contributed by atoms with Crippen LogP contribution in [0.1, 0.15) is 59.6 Å². The Labute approximate surface area is 117 Å². The Kier molecular flexibility index (Phi) is 4.92. The van der Waals surface area contributed by atoms with Gasteiger partial charge in [0, 0.05) is 11.0 Å². The third kappa shape index (κ3) is 4.46. The molecular formula is C17H27NO. The van der Waals surface area contributed by atoms with E-state index in [1.165, 1.54) is 0 Å². The van der Waals surface area contributed by atoms with Gasteiger partial charge in [0.25, 0.3) is 0 Å². The molecule has 1 aromatic rings. The number of Topliss-reactive ketones (excluding diaryl/α,β-unsaturated/α-hetero) is 1. The summed E-state index contributed by atoms with van der Waals surface area (Å²) in [7, 11) is 0. The molecule has 0 aliphatic heterocycles. The number of nitrogens with one attached hydrogen (secondary N) is 1. The van der Waals surface area contributed by atoms with E-state index in [1.54, 1.807) is 0 Å². The van der Waals surface area contributed by atoms with E-state index in [0.29, 0.717) is 0 Å². The Morgan fingerprint density at radius 1 is 1.11 bits per heavy atom. The van der Waals surface area contributed by atoms with Crippen LogP contribution >= 0.6 is 0 Å². The van der Waals surface area contributed by atoms with E-state index in [-0.39, 0.29) is 22.8 Å². The Morgan fingerprint density at radius 3 is 2.05 bits per heavy atom. The summed E-state index contributed by atoms with van der Waals surface area (Å²) >= 11 is 0. The van der Waals surface area contributed by atoms with Gasteiger partial charge in [-0.25, -0.2) is 0 Å². The van der Waals surface area contributed by atoms with Crippen molar-refractivity contribution in [3.8, 4) is 0 Å². The molecule has 0 spiro atoms. The quantitative estimate of drug-likeness (QED) is 0.863. The largest absolute Gasteiger partial charge is 0.299 e. The summed E-state index contributed by atoms with van der Waals surface area (Å²) in [4.78, 5) is 12.8. The molecule has 1 unspecified atom stereocenters. The number of carbonyl (C=O) groups is 1. The second-order valence-corrected chi connectivity index (χ2v) is 6.84. The summed E-state index contributed by atoms with van der Waals surface area (Å²) in [5.41, 5.74) is 0.641. The molecular weight excluding hydrogens is 234 g/mol. The smallest absolute Gasteiger partial charge is 0.159 e. The first kappa shape index (κ1) is 15.9. The predicted octanol–water partition coefficient (Wildman–Crippen LogP) is 4.12. The van der Waals surface area contributed by atoms with E-state index >= 15 is 0 Å². The van der Waals surface area contributed by atoms with Crippen LogP contribution in [-0.4, -0.2) is 11.3 Å². The Balaban J connectivity index is 3.11. The molecule has 1 rings (SSSR count). The molecule has 0 bridgehead atoms. The average molecular weight is 261 g/mol. The highest BCUT2D eigenvalue weighted by atomic mass is 16.1. The van der Waals surface area contributed by atoms with Crippen molar-refractivity contribution in [2.45, 2.75) is 59.5 Å². The summed E-state index contributed by atoms with van der Waals surface area (Å²) in [6.45, 7) is 12.4. The van der Waals surface area contributed by atoms with Gasteiger partial charge in [0.15, 0.2) is 5.78 Å². The van der Waals surface area contributed by atoms with Gasteiger partial charge in [0.1, 0.15) is 0 Å². The normalized spacial score (nSPS) is 14.2. The fraction of sp³-hybridized carbons (Fsp3) is 0.588. The third-order valence-corrected chi connectivity index (χ3v) is 3.52. The van der Waals surface area contributed by atoms with E-state index < -0.39 is 0 Å². The minimum Gasteiger partial charge on any atom is -0.299 e. The molecule has 0 aliphatic carbocycles. The molecule has 1 atom stereocenters. The van der Waals surface area contributed by atoms with Crippen molar-refractivity contribution in [1.82, 2.24) is 5.32 Å². The Hall–Kier alpha value is -1.15. The van der Waals surface area contributed by atoms with Crippen LogP contribution in [0.5, 0.6) is 0 Å². The zero-order valence-corrected chi connectivity index (χ0v) is 13.1. The van der Waals surface area contributed by atoms with Crippen LogP contribution in [-0.2, 0) is 4.79 Å². The third-order valence-electron chi connectivity index (χ3n) is 3.52. The summed E-state index contributed by atoms with van der Waals surface area (Å²) < 4.78 is 0. The van der Waals surface area contributed by atoms with Crippen LogP contribution in [0, 0.1) is 5.41 Å². The number of ketones is 1. The lowest BCUT2D eigenvalue weighted by Gasteiger charge is -2.33. The number of rotatable bonds is 5. The lowest BCUT2D eigenvalue weighted by Crippen LogP contribution is -2.45. The van der Waals surface area contributed by atoms with Gasteiger partial charge in [0.05, 0.1) is 6.04 Å². The zero-order chi connectivity index (χ0) is 14.7. The molecule has 0 saturated heterocycles. The van der Waals surface area contributed by atoms with Gasteiger partial charge in [-0.05, 0) is 32.8 Å². The molecule has 0 fully saturated rings. The summed E-state index contributed by atoms with van der Waals surface area (Å²) in [6.07, 6.45) is 0.848. The molecule has 0 aliphatic rings. The Bertz CT molecular complexity index is 415. The van der Waals surface area contributed by atoms with Crippen LogP contribution in [0.15, 0.2) is 30.3 Å². The van der Waals surface area contributed by atoms with Crippen molar-refractivity contribution in [1.29, 1.82) is 0 Å². The first-order valence-corrected chi connectivity index (χ1v) is 7.04. The van der Waals surface area contributed by atoms with Crippen LogP contribution < -0.4 is 5.32 Å². The molecule has 0 aromatic heterocycles. The number of hydrogen-bond acceptors (Lipinski definition) is 2. The maximum atomic E-state index is 12.8. The van der Waals surface area contributed by atoms with Gasteiger partial charge >= 0.3 is 0 Å². The molecule has 2 nitrogen and oxygen atoms in total. The minimum atomic E-state index is -0.307. The van der Waals surface area contributed by atoms with Gasteiger partial charge in [-0.1, -0.05) is 51.1 Å². The first-order valence-electron chi connectivity index (χ1n) is 7.04. The minimum absolute atomic E-state index is 0.0972. The van der Waals surface area contributed by atoms with E-state index in [1.807, 2.05) is 44.2 Å². The highest BCUT2D eigenvalue weighted by Crippen LogP contribution is 2.30. The summed E-state index contributed by atoms with van der Waals surface area (Å²) in [5.74, 6) is 0.260. The lowest BCUT2D eigenvalue weighted by molar-refractivity contribution is -0.130. The van der Waals surface area contributed by atoms with Gasteiger partial charge in [-0.3, -0.25) is 10.1 Å². The average Bonchev–Trinajstić information content (AvgIpc) is 2.35. The van der Waals surface area contributed by atoms with Crippen molar-refractivity contribution >= 4 is 5.78 Å². The van der Waals surface area contributed by atoms with Gasteiger partial charge in [0.2, 0.25) is 0 Å². The topological polar surface area (TPSA) is 29.1 Å². The standard InChI is InChI=1S/C17H27NO/c1-7-17(5,6)15(19)14(18-16(2,3)4)13-11-9-8-10-12-13/h8-12,14,18H,7H2,1-6H3. The summed E-state index contributed by atoms with van der Waals surface area (Å²) in [5, 5.41) is 3.46. The number of hydrogen-bond donors (Lipinski definition) is 1. The van der Waals surface area contributed by atoms with Crippen molar-refractivity contribution in [2.75, 3.05) is 0 Å². The molecule has 0 heterocycles. The van der Waals surface area contributed by atoms with E-state index in [9.17, 15) is 4.79 Å². The number of carbonyl (C=O) groups excluding carboxylic acids is 1. The molecule has 2 heteroatoms. The zero-order valence-electron chi connectivity index (χ0n) is 13.1. The second kappa shape index (κ2) is 5.87. The SMILES string of the molecule is CCC(C)(C)C(=O)C(NC(C)(C)C)c1ccccc1. The fourth-order valence-corrected chi connectivity index (χ4v) is 1.94. The van der Waals surface area contributed by atoms with Gasteiger partial charge in [-0.2, -0.15) is 0 Å². The predicted molar refractivity (Wildman–Crippen MR) is 81.2 cm³/mol. The van der Waals surface area contributed by atoms with Crippen LogP contribution in [0.3, 0.4) is 0 Å². The van der Waals surface area contributed by atoms with E-state index in [0.717, 1.165) is 12.0 Å². The highest BCUT2D eigenvalue weighted by Gasteiger charge is 2.34. The van der Waals surface area contributed by atoms with Crippen molar-refractivity contribution in [2.24, 2.45) is 5.41 Å². The van der Waals surface area contributed by atoms with Crippen molar-refractivity contribution in [3.63, 3.8) is 0 Å². The maximum absolute atomic E-state index is 12.8. The molecule has 1 N–H and O–H groups in total. The fourth-order valence-electron chi connectivity index (χ4n) is 1.94. The number of benzene rings is 1. The molecule has 0 amide bonds. The van der Waals surface area contributed by atoms with Crippen LogP contribution in [0.25, 0.3) is 0 Å². The molecule has 0 saturated carbocycles. The van der Waals surface area contributed by atoms with Crippen LogP contribution in [0.4, 0.5) is 0 Å². The Morgan fingerprint density at radius 2 is 1.63 bits per heavy atom. The van der Waals surface area contributed by atoms with Gasteiger partial charge in [-0.15, -0.1) is 0 Å². The molecule has 0 radical (unpaired) electrons. The molecule has 106 valence electrons. The molecule has 1 aromatic carbocycles. The van der Waals surface area contributed by atoms with Crippen molar-refractivity contribution < 1.29 is 4.79 Å². The van der Waals surface area contributed by atoms with E-state index in [2.05, 4.69) is 33.0 Å². The van der Waals surface area contributed by atoms with Crippen LogP contribution in [0.2, 0.25) is 0 Å². The van der Waals surface area contributed by atoms with Crippen molar-refractivity contribution in [3.05, 3.63) is 35.9 Å². The first-order chi connectivity index (χ1) is 8.67. The monoisotopic (exact) mass is 261 g/mol. The van der Waals surface area contributed by atoms with E-state index in [4.69, 9.17) is 0 Å². The molecule has 19 heavy (non-hydrogen) atoms. The van der Waals surface area contributed by atoms with Gasteiger partial charge < -0.3 is 0 Å². The lowest BCUT2D eigenvalue weighted by atomic mass is 9.79. The highest BCUT2D eigenvalue weighted by molar-refractivity contribution is 5.90. The summed E-state index contributed by atoms with van der Waals surface area (Å²) in [6, 6.07) is 9.75.